The van der Waals surface area contributed by atoms with E-state index in [9.17, 15) is 14.7 Å². The largest absolute Gasteiger partial charge is 0.490 e. The Labute approximate surface area is 271 Å². The summed E-state index contributed by atoms with van der Waals surface area (Å²) in [4.78, 5) is 32.0. The zero-order chi connectivity index (χ0) is 31.8. The van der Waals surface area contributed by atoms with Crippen molar-refractivity contribution in [3.05, 3.63) is 141 Å². The Morgan fingerprint density at radius 2 is 1.73 bits per heavy atom. The number of benzene rings is 4. The standard InChI is InChI=1S/C36H31ClN2O5S/c1-3-10-27-19-25(20-31(43-4-2)33(27)44-23-28-11-8-9-14-30(28)37)21-32-34(40)39(22-24-15-17-26(18-16-24)35(41)42)36(45-32)38-29-12-6-5-7-13-29/h3,5-9,11-21H,1,4,10,22-23H2,2H3,(H,41,42)/b32-21-,38-36?. The summed E-state index contributed by atoms with van der Waals surface area (Å²) in [6.07, 6.45) is 4.14. The van der Waals surface area contributed by atoms with Crippen molar-refractivity contribution in [1.82, 2.24) is 4.90 Å². The molecule has 1 fully saturated rings. The number of carbonyl (C=O) groups is 2. The topological polar surface area (TPSA) is 88.4 Å². The molecule has 1 aliphatic rings. The van der Waals surface area contributed by atoms with E-state index in [2.05, 4.69) is 6.58 Å². The van der Waals surface area contributed by atoms with E-state index in [0.29, 0.717) is 45.3 Å². The number of amides is 1. The maximum atomic E-state index is 13.8. The van der Waals surface area contributed by atoms with Gasteiger partial charge < -0.3 is 14.6 Å². The normalized spacial score (nSPS) is 14.6. The lowest BCUT2D eigenvalue weighted by atomic mass is 10.0. The molecule has 1 amide bonds. The Kier molecular flexibility index (Phi) is 10.4. The lowest BCUT2D eigenvalue weighted by molar-refractivity contribution is -0.122. The number of hydrogen-bond donors (Lipinski definition) is 1. The van der Waals surface area contributed by atoms with Crippen LogP contribution in [0.4, 0.5) is 5.69 Å². The summed E-state index contributed by atoms with van der Waals surface area (Å²) in [5.41, 5.74) is 4.16. The third-order valence-corrected chi connectivity index (χ3v) is 8.23. The van der Waals surface area contributed by atoms with Gasteiger partial charge in [-0.05, 0) is 84.8 Å². The number of aliphatic imine (C=N–C) groups is 1. The highest BCUT2D eigenvalue weighted by Crippen LogP contribution is 2.39. The molecule has 7 nitrogen and oxygen atoms in total. The summed E-state index contributed by atoms with van der Waals surface area (Å²) in [6, 6.07) is 27.2. The summed E-state index contributed by atoms with van der Waals surface area (Å²) in [5.74, 6) is -0.0607. The van der Waals surface area contributed by atoms with Crippen LogP contribution in [-0.2, 0) is 24.4 Å². The molecular weight excluding hydrogens is 608 g/mol. The first-order chi connectivity index (χ1) is 21.9. The van der Waals surface area contributed by atoms with Crippen LogP contribution in [-0.4, -0.2) is 33.7 Å². The Morgan fingerprint density at radius 3 is 2.42 bits per heavy atom. The van der Waals surface area contributed by atoms with Crippen LogP contribution in [0.1, 0.15) is 39.5 Å². The van der Waals surface area contributed by atoms with Gasteiger partial charge in [0.15, 0.2) is 16.7 Å². The third-order valence-electron chi connectivity index (χ3n) is 6.86. The SMILES string of the molecule is C=CCc1cc(/C=C2\SC(=Nc3ccccc3)N(Cc3ccc(C(=O)O)cc3)C2=O)cc(OCC)c1OCc1ccccc1Cl. The van der Waals surface area contributed by atoms with E-state index in [4.69, 9.17) is 26.1 Å². The van der Waals surface area contributed by atoms with Gasteiger partial charge in [0.25, 0.3) is 5.91 Å². The monoisotopic (exact) mass is 638 g/mol. The highest BCUT2D eigenvalue weighted by Gasteiger charge is 2.33. The van der Waals surface area contributed by atoms with Gasteiger partial charge in [-0.3, -0.25) is 9.69 Å². The zero-order valence-corrected chi connectivity index (χ0v) is 26.2. The molecule has 0 saturated carbocycles. The second-order valence-electron chi connectivity index (χ2n) is 10.0. The van der Waals surface area contributed by atoms with E-state index in [0.717, 1.165) is 22.3 Å². The fraction of sp³-hybridized carbons (Fsp3) is 0.139. The summed E-state index contributed by atoms with van der Waals surface area (Å²) >= 11 is 7.65. The zero-order valence-electron chi connectivity index (χ0n) is 24.6. The number of allylic oxidation sites excluding steroid dienone is 1. The second kappa shape index (κ2) is 14.8. The Hall–Kier alpha value is -4.79. The van der Waals surface area contributed by atoms with Crippen molar-refractivity contribution in [3.63, 3.8) is 0 Å². The van der Waals surface area contributed by atoms with Crippen molar-refractivity contribution in [3.8, 4) is 11.5 Å². The van der Waals surface area contributed by atoms with Gasteiger partial charge in [-0.2, -0.15) is 0 Å². The van der Waals surface area contributed by atoms with Crippen LogP contribution in [0.2, 0.25) is 5.02 Å². The number of carboxylic acid groups (broad SMARTS) is 1. The first-order valence-corrected chi connectivity index (χ1v) is 15.5. The fourth-order valence-electron chi connectivity index (χ4n) is 4.70. The molecule has 45 heavy (non-hydrogen) atoms. The lowest BCUT2D eigenvalue weighted by Crippen LogP contribution is -2.28. The number of nitrogens with zero attached hydrogens (tertiary/aromatic N) is 2. The van der Waals surface area contributed by atoms with Gasteiger partial charge in [-0.15, -0.1) is 6.58 Å². The van der Waals surface area contributed by atoms with E-state index < -0.39 is 5.97 Å². The number of ether oxygens (including phenoxy) is 2. The van der Waals surface area contributed by atoms with Crippen LogP contribution in [0.5, 0.6) is 11.5 Å². The minimum absolute atomic E-state index is 0.180. The van der Waals surface area contributed by atoms with Gasteiger partial charge >= 0.3 is 5.97 Å². The van der Waals surface area contributed by atoms with E-state index in [1.807, 2.05) is 79.7 Å². The van der Waals surface area contributed by atoms with Gasteiger partial charge in [0, 0.05) is 16.1 Å². The average Bonchev–Trinajstić information content (AvgIpc) is 3.31. The van der Waals surface area contributed by atoms with Crippen LogP contribution in [0.3, 0.4) is 0 Å². The predicted molar refractivity (Wildman–Crippen MR) is 180 cm³/mol. The van der Waals surface area contributed by atoms with E-state index >= 15 is 0 Å². The summed E-state index contributed by atoms with van der Waals surface area (Å²) in [6.45, 7) is 6.74. The third kappa shape index (κ3) is 7.84. The molecule has 1 heterocycles. The maximum absolute atomic E-state index is 13.8. The highest BCUT2D eigenvalue weighted by atomic mass is 35.5. The number of carbonyl (C=O) groups excluding carboxylic acids is 1. The molecule has 1 aliphatic heterocycles. The summed E-state index contributed by atoms with van der Waals surface area (Å²) in [5, 5.41) is 10.4. The van der Waals surface area contributed by atoms with Gasteiger partial charge in [0.2, 0.25) is 0 Å². The number of carboxylic acids is 1. The van der Waals surface area contributed by atoms with Gasteiger partial charge in [0.05, 0.1) is 29.3 Å². The molecule has 0 radical (unpaired) electrons. The minimum atomic E-state index is -1.01. The molecule has 0 bridgehead atoms. The van der Waals surface area contributed by atoms with Gasteiger partial charge in [0.1, 0.15) is 6.61 Å². The number of thioether (sulfide) groups is 1. The Balaban J connectivity index is 1.49. The van der Waals surface area contributed by atoms with E-state index in [-0.39, 0.29) is 24.6 Å². The van der Waals surface area contributed by atoms with Crippen molar-refractivity contribution in [1.29, 1.82) is 0 Å². The van der Waals surface area contributed by atoms with Crippen molar-refractivity contribution < 1.29 is 24.2 Å². The molecule has 0 atom stereocenters. The molecule has 0 aromatic heterocycles. The summed E-state index contributed by atoms with van der Waals surface area (Å²) < 4.78 is 12.3. The molecular formula is C36H31ClN2O5S. The number of hydrogen-bond acceptors (Lipinski definition) is 6. The molecule has 1 N–H and O–H groups in total. The number of rotatable bonds is 12. The minimum Gasteiger partial charge on any atom is -0.490 e. The number of amidine groups is 1. The second-order valence-corrected chi connectivity index (χ2v) is 11.5. The quantitative estimate of drug-likeness (QED) is 0.124. The molecule has 0 spiro atoms. The highest BCUT2D eigenvalue weighted by molar-refractivity contribution is 8.18. The van der Waals surface area contributed by atoms with Crippen molar-refractivity contribution >= 4 is 52.2 Å². The van der Waals surface area contributed by atoms with Crippen LogP contribution in [0, 0.1) is 0 Å². The molecule has 1 saturated heterocycles. The van der Waals surface area contributed by atoms with Crippen molar-refractivity contribution in [2.75, 3.05) is 6.61 Å². The molecule has 4 aromatic carbocycles. The van der Waals surface area contributed by atoms with Crippen LogP contribution >= 0.6 is 23.4 Å². The van der Waals surface area contributed by atoms with Gasteiger partial charge in [-0.1, -0.05) is 66.2 Å². The number of halogens is 1. The Bertz CT molecular complexity index is 1770. The molecule has 228 valence electrons. The number of para-hydroxylation sites is 1. The molecule has 9 heteroatoms. The fourth-order valence-corrected chi connectivity index (χ4v) is 5.88. The van der Waals surface area contributed by atoms with E-state index in [1.165, 1.54) is 23.9 Å². The summed E-state index contributed by atoms with van der Waals surface area (Å²) in [7, 11) is 0. The lowest BCUT2D eigenvalue weighted by Gasteiger charge is -2.17. The predicted octanol–water partition coefficient (Wildman–Crippen LogP) is 8.55. The molecule has 4 aromatic rings. The number of aromatic carboxylic acids is 1. The van der Waals surface area contributed by atoms with Gasteiger partial charge in [-0.25, -0.2) is 9.79 Å². The smallest absolute Gasteiger partial charge is 0.335 e. The van der Waals surface area contributed by atoms with Crippen LogP contribution < -0.4 is 9.47 Å². The first kappa shape index (κ1) is 31.6. The van der Waals surface area contributed by atoms with E-state index in [1.54, 1.807) is 23.1 Å². The van der Waals surface area contributed by atoms with Crippen molar-refractivity contribution in [2.24, 2.45) is 4.99 Å². The Morgan fingerprint density at radius 1 is 1.00 bits per heavy atom. The van der Waals surface area contributed by atoms with Crippen molar-refractivity contribution in [2.45, 2.75) is 26.5 Å². The average molecular weight is 639 g/mol. The maximum Gasteiger partial charge on any atom is 0.335 e. The van der Waals surface area contributed by atoms with Crippen LogP contribution in [0.25, 0.3) is 6.08 Å². The molecule has 0 unspecified atom stereocenters. The first-order valence-electron chi connectivity index (χ1n) is 14.3. The molecule has 0 aliphatic carbocycles. The molecule has 5 rings (SSSR count). The van der Waals surface area contributed by atoms with Crippen LogP contribution in [0.15, 0.2) is 114 Å².